The largest absolute Gasteiger partial charge is 0.317 e. The summed E-state index contributed by atoms with van der Waals surface area (Å²) >= 11 is 3.80. The van der Waals surface area contributed by atoms with Gasteiger partial charge in [-0.05, 0) is 79.4 Å². The minimum atomic E-state index is 0. The number of nitrogens with zero attached hydrogens (tertiary/aromatic N) is 2. The van der Waals surface area contributed by atoms with E-state index in [-0.39, 0.29) is 12.4 Å². The molecule has 5 rings (SSSR count). The van der Waals surface area contributed by atoms with Crippen LogP contribution in [-0.2, 0) is 25.9 Å². The van der Waals surface area contributed by atoms with Crippen molar-refractivity contribution < 1.29 is 0 Å². The first-order chi connectivity index (χ1) is 11.8. The number of aryl methyl sites for hydroxylation is 2. The molecule has 2 aromatic rings. The van der Waals surface area contributed by atoms with Crippen molar-refractivity contribution >= 4 is 35.1 Å². The molecule has 136 valence electrons. The number of thiazole rings is 1. The summed E-state index contributed by atoms with van der Waals surface area (Å²) in [6, 6.07) is 3.05. The molecular formula is C19H26ClN3S2. The zero-order valence-electron chi connectivity index (χ0n) is 14.5. The molecule has 0 aromatic carbocycles. The third kappa shape index (κ3) is 3.54. The molecule has 1 unspecified atom stereocenters. The molecule has 1 N–H and O–H groups in total. The zero-order chi connectivity index (χ0) is 16.0. The van der Waals surface area contributed by atoms with Gasteiger partial charge in [-0.25, -0.2) is 4.98 Å². The maximum atomic E-state index is 4.97. The normalized spacial score (nSPS) is 23.6. The summed E-state index contributed by atoms with van der Waals surface area (Å²) in [7, 11) is 0. The Morgan fingerprint density at radius 2 is 2.12 bits per heavy atom. The minimum absolute atomic E-state index is 0. The third-order valence-corrected chi connectivity index (χ3v) is 8.01. The number of fused-ring (bicyclic) bond motifs is 1. The molecule has 0 bridgehead atoms. The molecular weight excluding hydrogens is 370 g/mol. The third-order valence-electron chi connectivity index (χ3n) is 6.13. The van der Waals surface area contributed by atoms with Crippen LogP contribution in [0.25, 0.3) is 0 Å². The molecule has 3 aliphatic rings. The number of piperidine rings is 1. The van der Waals surface area contributed by atoms with Crippen LogP contribution >= 0.6 is 35.1 Å². The van der Waals surface area contributed by atoms with Crippen molar-refractivity contribution in [2.45, 2.75) is 57.7 Å². The number of hydrogen-bond donors (Lipinski definition) is 1. The molecule has 3 heterocycles. The average molecular weight is 396 g/mol. The summed E-state index contributed by atoms with van der Waals surface area (Å²) < 4.78 is 0. The maximum absolute atomic E-state index is 4.97. The first-order valence-corrected chi connectivity index (χ1v) is 11.0. The van der Waals surface area contributed by atoms with Crippen molar-refractivity contribution in [1.82, 2.24) is 15.2 Å². The topological polar surface area (TPSA) is 28.2 Å². The molecule has 1 saturated carbocycles. The van der Waals surface area contributed by atoms with E-state index in [0.29, 0.717) is 5.41 Å². The Kier molecular flexibility index (Phi) is 5.22. The van der Waals surface area contributed by atoms with Gasteiger partial charge >= 0.3 is 0 Å². The van der Waals surface area contributed by atoms with Gasteiger partial charge in [0.25, 0.3) is 0 Å². The number of hydrogen-bond acceptors (Lipinski definition) is 5. The second-order valence-electron chi connectivity index (χ2n) is 7.70. The van der Waals surface area contributed by atoms with Gasteiger partial charge < -0.3 is 5.32 Å². The van der Waals surface area contributed by atoms with Gasteiger partial charge in [-0.2, -0.15) is 11.3 Å². The number of aromatic nitrogens is 1. The lowest BCUT2D eigenvalue weighted by molar-refractivity contribution is 0.188. The summed E-state index contributed by atoms with van der Waals surface area (Å²) in [6.07, 6.45) is 7.88. The lowest BCUT2D eigenvalue weighted by Gasteiger charge is -2.29. The number of thiophene rings is 1. The quantitative estimate of drug-likeness (QED) is 0.819. The fourth-order valence-corrected chi connectivity index (χ4v) is 6.53. The summed E-state index contributed by atoms with van der Waals surface area (Å²) in [6.45, 7) is 4.55. The van der Waals surface area contributed by atoms with Crippen LogP contribution < -0.4 is 5.32 Å². The van der Waals surface area contributed by atoms with Crippen molar-refractivity contribution in [2.75, 3.05) is 13.1 Å². The molecule has 3 nitrogen and oxygen atoms in total. The highest BCUT2D eigenvalue weighted by atomic mass is 35.5. The van der Waals surface area contributed by atoms with Crippen molar-refractivity contribution in [3.05, 3.63) is 38.0 Å². The molecule has 1 aliphatic heterocycles. The first kappa shape index (κ1) is 17.9. The van der Waals surface area contributed by atoms with Gasteiger partial charge in [0.2, 0.25) is 0 Å². The van der Waals surface area contributed by atoms with E-state index in [4.69, 9.17) is 4.98 Å². The Bertz CT molecular complexity index is 685. The smallest absolute Gasteiger partial charge is 0.107 e. The molecule has 6 heteroatoms. The predicted molar refractivity (Wildman–Crippen MR) is 108 cm³/mol. The van der Waals surface area contributed by atoms with Crippen LogP contribution in [0.2, 0.25) is 0 Å². The highest BCUT2D eigenvalue weighted by Crippen LogP contribution is 2.56. The lowest BCUT2D eigenvalue weighted by Crippen LogP contribution is -2.35. The van der Waals surface area contributed by atoms with E-state index >= 15 is 0 Å². The fraction of sp³-hybridized carbons (Fsp3) is 0.632. The number of rotatable bonds is 5. The standard InChI is InChI=1S/C19H25N3S2.ClH/c1-2-15-16(3-1)24-18(21-15)12-22(11-14-4-9-23-13-14)17-10-19(17)5-7-20-8-6-19;/h4,9,13,17,20H,1-3,5-8,10-12H2;1H. The van der Waals surface area contributed by atoms with E-state index in [2.05, 4.69) is 27.0 Å². The number of nitrogens with one attached hydrogen (secondary N) is 1. The Morgan fingerprint density at radius 1 is 1.24 bits per heavy atom. The van der Waals surface area contributed by atoms with Crippen LogP contribution in [0.3, 0.4) is 0 Å². The second-order valence-corrected chi connectivity index (χ2v) is 9.65. The van der Waals surface area contributed by atoms with Crippen LogP contribution in [0.5, 0.6) is 0 Å². The van der Waals surface area contributed by atoms with Crippen LogP contribution in [-0.4, -0.2) is 29.0 Å². The highest BCUT2D eigenvalue weighted by molar-refractivity contribution is 7.11. The van der Waals surface area contributed by atoms with Crippen molar-refractivity contribution in [1.29, 1.82) is 0 Å². The fourth-order valence-electron chi connectivity index (χ4n) is 4.68. The van der Waals surface area contributed by atoms with Gasteiger partial charge in [0.1, 0.15) is 5.01 Å². The van der Waals surface area contributed by atoms with E-state index in [1.807, 2.05) is 22.7 Å². The van der Waals surface area contributed by atoms with E-state index < -0.39 is 0 Å². The summed E-state index contributed by atoms with van der Waals surface area (Å²) in [5.74, 6) is 0. The molecule has 2 aliphatic carbocycles. The predicted octanol–water partition coefficient (Wildman–Crippen LogP) is 4.26. The van der Waals surface area contributed by atoms with Crippen LogP contribution in [0.15, 0.2) is 16.8 Å². The maximum Gasteiger partial charge on any atom is 0.107 e. The molecule has 0 amide bonds. The van der Waals surface area contributed by atoms with Gasteiger partial charge in [-0.3, -0.25) is 4.90 Å². The SMILES string of the molecule is Cl.c1cc(CN(Cc2nc3c(s2)CCC3)C2CC23CCNCC3)cs1. The van der Waals surface area contributed by atoms with Crippen molar-refractivity contribution in [2.24, 2.45) is 5.41 Å². The zero-order valence-corrected chi connectivity index (χ0v) is 16.9. The van der Waals surface area contributed by atoms with E-state index in [1.165, 1.54) is 67.9 Å². The van der Waals surface area contributed by atoms with Gasteiger partial charge in [0.15, 0.2) is 0 Å². The van der Waals surface area contributed by atoms with Gasteiger partial charge in [0.05, 0.1) is 12.2 Å². The molecule has 2 fully saturated rings. The Hall–Kier alpha value is -0.460. The molecule has 25 heavy (non-hydrogen) atoms. The Balaban J connectivity index is 0.00000157. The summed E-state index contributed by atoms with van der Waals surface area (Å²) in [5.41, 5.74) is 3.47. The van der Waals surface area contributed by atoms with Gasteiger partial charge in [-0.1, -0.05) is 0 Å². The minimum Gasteiger partial charge on any atom is -0.317 e. The number of halogens is 1. The lowest BCUT2D eigenvalue weighted by atomic mass is 9.93. The first-order valence-electron chi connectivity index (χ1n) is 9.26. The van der Waals surface area contributed by atoms with Gasteiger partial charge in [0, 0.05) is 17.5 Å². The molecule has 0 radical (unpaired) electrons. The Labute approximate surface area is 164 Å². The highest BCUT2D eigenvalue weighted by Gasteiger charge is 2.56. The van der Waals surface area contributed by atoms with E-state index in [0.717, 1.165) is 19.1 Å². The molecule has 2 aromatic heterocycles. The molecule has 1 saturated heterocycles. The monoisotopic (exact) mass is 395 g/mol. The van der Waals surface area contributed by atoms with E-state index in [9.17, 15) is 0 Å². The van der Waals surface area contributed by atoms with Crippen molar-refractivity contribution in [3.8, 4) is 0 Å². The molecule has 1 atom stereocenters. The Morgan fingerprint density at radius 3 is 2.88 bits per heavy atom. The van der Waals surface area contributed by atoms with Crippen molar-refractivity contribution in [3.63, 3.8) is 0 Å². The summed E-state index contributed by atoms with van der Waals surface area (Å²) in [5, 5.41) is 9.41. The molecule has 1 spiro atoms. The van der Waals surface area contributed by atoms with Crippen LogP contribution in [0.1, 0.15) is 46.8 Å². The second kappa shape index (κ2) is 7.28. The van der Waals surface area contributed by atoms with Crippen LogP contribution in [0.4, 0.5) is 0 Å². The van der Waals surface area contributed by atoms with E-state index in [1.54, 1.807) is 4.88 Å². The van der Waals surface area contributed by atoms with Crippen LogP contribution in [0, 0.1) is 5.41 Å². The average Bonchev–Trinajstić information content (AvgIpc) is 3.03. The summed E-state index contributed by atoms with van der Waals surface area (Å²) in [4.78, 5) is 9.27. The van der Waals surface area contributed by atoms with Gasteiger partial charge in [-0.15, -0.1) is 23.7 Å².